The van der Waals surface area contributed by atoms with E-state index < -0.39 is 6.43 Å². The first-order valence-corrected chi connectivity index (χ1v) is 6.25. The molecule has 2 heterocycles. The van der Waals surface area contributed by atoms with Crippen molar-refractivity contribution >= 4 is 0 Å². The van der Waals surface area contributed by atoms with Crippen LogP contribution in [-0.4, -0.2) is 20.8 Å². The zero-order chi connectivity index (χ0) is 13.2. The SMILES string of the molecule is FC(F)c1c(CNC2CC2)cnn1-c1ccccn1. The van der Waals surface area contributed by atoms with E-state index in [1.165, 1.54) is 10.9 Å². The molecule has 0 saturated heterocycles. The smallest absolute Gasteiger partial charge is 0.280 e. The average molecular weight is 264 g/mol. The number of aromatic nitrogens is 3. The van der Waals surface area contributed by atoms with Crippen LogP contribution in [0.1, 0.15) is 30.5 Å². The lowest BCUT2D eigenvalue weighted by Gasteiger charge is -2.08. The molecule has 0 spiro atoms. The molecule has 6 heteroatoms. The monoisotopic (exact) mass is 264 g/mol. The molecule has 1 aliphatic rings. The Labute approximate surface area is 109 Å². The van der Waals surface area contributed by atoms with Crippen molar-refractivity contribution in [3.63, 3.8) is 0 Å². The van der Waals surface area contributed by atoms with Crippen LogP contribution in [0.25, 0.3) is 5.82 Å². The standard InChI is InChI=1S/C13H14F2N4/c14-13(15)12-9(7-17-10-4-5-10)8-18-19(12)11-3-1-2-6-16-11/h1-3,6,8,10,13,17H,4-5,7H2. The van der Waals surface area contributed by atoms with Crippen LogP contribution in [0.15, 0.2) is 30.6 Å². The summed E-state index contributed by atoms with van der Waals surface area (Å²) in [6, 6.07) is 5.63. The Morgan fingerprint density at radius 1 is 1.37 bits per heavy atom. The number of pyridine rings is 1. The van der Waals surface area contributed by atoms with Gasteiger partial charge in [-0.05, 0) is 25.0 Å². The van der Waals surface area contributed by atoms with Crippen LogP contribution in [0.3, 0.4) is 0 Å². The largest absolute Gasteiger partial charge is 0.310 e. The van der Waals surface area contributed by atoms with Crippen LogP contribution >= 0.6 is 0 Å². The fraction of sp³-hybridized carbons (Fsp3) is 0.385. The molecule has 19 heavy (non-hydrogen) atoms. The zero-order valence-electron chi connectivity index (χ0n) is 10.3. The first kappa shape index (κ1) is 12.2. The maximum atomic E-state index is 13.2. The third-order valence-corrected chi connectivity index (χ3v) is 3.12. The summed E-state index contributed by atoms with van der Waals surface area (Å²) in [6.45, 7) is 0.428. The summed E-state index contributed by atoms with van der Waals surface area (Å²) in [4.78, 5) is 4.06. The predicted octanol–water partition coefficient (Wildman–Crippen LogP) is 2.46. The molecule has 0 bridgehead atoms. The van der Waals surface area contributed by atoms with Gasteiger partial charge in [0.25, 0.3) is 6.43 Å². The van der Waals surface area contributed by atoms with Gasteiger partial charge in [0.1, 0.15) is 5.69 Å². The highest BCUT2D eigenvalue weighted by molar-refractivity contribution is 5.29. The van der Waals surface area contributed by atoms with Gasteiger partial charge >= 0.3 is 0 Å². The second kappa shape index (κ2) is 5.05. The number of halogens is 2. The van der Waals surface area contributed by atoms with E-state index in [4.69, 9.17) is 0 Å². The van der Waals surface area contributed by atoms with Crippen LogP contribution in [-0.2, 0) is 6.54 Å². The average Bonchev–Trinajstić information content (AvgIpc) is 3.15. The van der Waals surface area contributed by atoms with Crippen molar-refractivity contribution in [2.75, 3.05) is 0 Å². The fourth-order valence-electron chi connectivity index (χ4n) is 1.96. The summed E-state index contributed by atoms with van der Waals surface area (Å²) >= 11 is 0. The minimum absolute atomic E-state index is 0.0770. The normalized spacial score (nSPS) is 15.1. The summed E-state index contributed by atoms with van der Waals surface area (Å²) in [7, 11) is 0. The molecule has 0 aliphatic heterocycles. The van der Waals surface area contributed by atoms with Gasteiger partial charge in [0.05, 0.1) is 6.20 Å². The van der Waals surface area contributed by atoms with Crippen molar-refractivity contribution in [2.24, 2.45) is 0 Å². The van der Waals surface area contributed by atoms with Crippen molar-refractivity contribution < 1.29 is 8.78 Å². The molecular weight excluding hydrogens is 250 g/mol. The van der Waals surface area contributed by atoms with Gasteiger partial charge in [-0.2, -0.15) is 5.10 Å². The van der Waals surface area contributed by atoms with E-state index in [1.54, 1.807) is 24.4 Å². The van der Waals surface area contributed by atoms with E-state index in [0.29, 0.717) is 24.0 Å². The van der Waals surface area contributed by atoms with Crippen molar-refractivity contribution in [3.8, 4) is 5.82 Å². The number of alkyl halides is 2. The van der Waals surface area contributed by atoms with Crippen LogP contribution in [0, 0.1) is 0 Å². The Hall–Kier alpha value is -1.82. The number of rotatable bonds is 5. The maximum absolute atomic E-state index is 13.2. The predicted molar refractivity (Wildman–Crippen MR) is 66.2 cm³/mol. The quantitative estimate of drug-likeness (QED) is 0.902. The molecule has 0 aromatic carbocycles. The van der Waals surface area contributed by atoms with E-state index in [0.717, 1.165) is 12.8 Å². The Bertz CT molecular complexity index is 549. The maximum Gasteiger partial charge on any atom is 0.280 e. The molecule has 1 aliphatic carbocycles. The molecule has 100 valence electrons. The number of hydrogen-bond donors (Lipinski definition) is 1. The van der Waals surface area contributed by atoms with Crippen LogP contribution in [0.4, 0.5) is 8.78 Å². The molecule has 3 rings (SSSR count). The highest BCUT2D eigenvalue weighted by atomic mass is 19.3. The molecule has 0 unspecified atom stereocenters. The molecule has 1 N–H and O–H groups in total. The van der Waals surface area contributed by atoms with E-state index in [1.807, 2.05) is 0 Å². The van der Waals surface area contributed by atoms with Gasteiger partial charge in [0, 0.05) is 24.3 Å². The summed E-state index contributed by atoms with van der Waals surface area (Å²) in [5.74, 6) is 0.412. The molecule has 1 saturated carbocycles. The molecule has 0 amide bonds. The van der Waals surface area contributed by atoms with Crippen LogP contribution in [0.2, 0.25) is 0 Å². The van der Waals surface area contributed by atoms with Crippen LogP contribution < -0.4 is 5.32 Å². The zero-order valence-corrected chi connectivity index (χ0v) is 10.3. The first-order valence-electron chi connectivity index (χ1n) is 6.25. The van der Waals surface area contributed by atoms with Gasteiger partial charge in [-0.1, -0.05) is 6.07 Å². The molecule has 4 nitrogen and oxygen atoms in total. The van der Waals surface area contributed by atoms with E-state index in [9.17, 15) is 8.78 Å². The van der Waals surface area contributed by atoms with Gasteiger partial charge in [0.2, 0.25) is 0 Å². The highest BCUT2D eigenvalue weighted by Crippen LogP contribution is 2.26. The third kappa shape index (κ3) is 2.63. The lowest BCUT2D eigenvalue weighted by atomic mass is 10.2. The van der Waals surface area contributed by atoms with Gasteiger partial charge in [-0.15, -0.1) is 0 Å². The number of hydrogen-bond acceptors (Lipinski definition) is 3. The lowest BCUT2D eigenvalue weighted by molar-refractivity contribution is 0.141. The fourth-order valence-corrected chi connectivity index (χ4v) is 1.96. The molecule has 1 fully saturated rings. The number of nitrogens with zero attached hydrogens (tertiary/aromatic N) is 3. The second-order valence-electron chi connectivity index (χ2n) is 4.61. The van der Waals surface area contributed by atoms with Gasteiger partial charge in [0.15, 0.2) is 5.82 Å². The minimum Gasteiger partial charge on any atom is -0.310 e. The third-order valence-electron chi connectivity index (χ3n) is 3.12. The highest BCUT2D eigenvalue weighted by Gasteiger charge is 2.24. The van der Waals surface area contributed by atoms with Crippen molar-refractivity contribution in [3.05, 3.63) is 41.9 Å². The first-order chi connectivity index (χ1) is 9.25. The summed E-state index contributed by atoms with van der Waals surface area (Å²) in [5, 5.41) is 7.27. The Balaban J connectivity index is 1.91. The van der Waals surface area contributed by atoms with Gasteiger partial charge < -0.3 is 5.32 Å². The van der Waals surface area contributed by atoms with Gasteiger partial charge in [-0.25, -0.2) is 18.4 Å². The summed E-state index contributed by atoms with van der Waals surface area (Å²) < 4.78 is 27.7. The lowest BCUT2D eigenvalue weighted by Crippen LogP contribution is -2.16. The van der Waals surface area contributed by atoms with Crippen LogP contribution in [0.5, 0.6) is 0 Å². The topological polar surface area (TPSA) is 42.7 Å². The van der Waals surface area contributed by atoms with E-state index >= 15 is 0 Å². The molecule has 0 radical (unpaired) electrons. The second-order valence-corrected chi connectivity index (χ2v) is 4.61. The summed E-state index contributed by atoms with van der Waals surface area (Å²) in [5.41, 5.74) is 0.458. The van der Waals surface area contributed by atoms with E-state index in [2.05, 4.69) is 15.4 Å². The van der Waals surface area contributed by atoms with Gasteiger partial charge in [-0.3, -0.25) is 0 Å². The molecule has 2 aromatic heterocycles. The Kier molecular flexibility index (Phi) is 3.25. The van der Waals surface area contributed by atoms with Crippen molar-refractivity contribution in [1.82, 2.24) is 20.1 Å². The minimum atomic E-state index is -2.57. The molecular formula is C13H14F2N4. The number of nitrogens with one attached hydrogen (secondary N) is 1. The molecule has 2 aromatic rings. The summed E-state index contributed by atoms with van der Waals surface area (Å²) in [6.07, 6.45) is 2.73. The van der Waals surface area contributed by atoms with Crippen molar-refractivity contribution in [1.29, 1.82) is 0 Å². The Morgan fingerprint density at radius 3 is 2.84 bits per heavy atom. The Morgan fingerprint density at radius 2 is 2.21 bits per heavy atom. The van der Waals surface area contributed by atoms with E-state index in [-0.39, 0.29) is 5.69 Å². The van der Waals surface area contributed by atoms with Crippen molar-refractivity contribution in [2.45, 2.75) is 31.9 Å². The molecule has 0 atom stereocenters.